The predicted octanol–water partition coefficient (Wildman–Crippen LogP) is 4.46. The minimum absolute atomic E-state index is 0.283. The van der Waals surface area contributed by atoms with Gasteiger partial charge in [-0.3, -0.25) is 14.9 Å². The van der Waals surface area contributed by atoms with E-state index < -0.39 is 11.8 Å². The zero-order valence-corrected chi connectivity index (χ0v) is 15.2. The van der Waals surface area contributed by atoms with Gasteiger partial charge in [-0.1, -0.05) is 23.2 Å². The molecule has 1 aliphatic carbocycles. The summed E-state index contributed by atoms with van der Waals surface area (Å²) in [5, 5.41) is 5.40. The Bertz CT molecular complexity index is 1230. The Labute approximate surface area is 162 Å². The van der Waals surface area contributed by atoms with Crippen LogP contribution >= 0.6 is 23.2 Å². The molecule has 4 aromatic rings. The lowest BCUT2D eigenvalue weighted by Gasteiger charge is -2.23. The standard InChI is InChI=1S/C20H11Cl2N3O2/c21-7-1-3-11-9(5-7)13-15-16(20(27)25-19(15)26)14-10-6-8(22)2-4-12(10)24-18(14)17(13)23-11/h1-6,15-16,23-24H,(H,25,26,27). The van der Waals surface area contributed by atoms with Crippen LogP contribution in [0.1, 0.15) is 23.0 Å². The van der Waals surface area contributed by atoms with Crippen molar-refractivity contribution in [2.75, 3.05) is 0 Å². The van der Waals surface area contributed by atoms with Crippen molar-refractivity contribution in [2.24, 2.45) is 0 Å². The molecule has 0 bridgehead atoms. The molecule has 1 fully saturated rings. The van der Waals surface area contributed by atoms with Gasteiger partial charge in [-0.05, 0) is 36.4 Å². The number of imide groups is 1. The first-order valence-electron chi connectivity index (χ1n) is 8.50. The molecule has 7 heteroatoms. The number of amides is 2. The molecule has 2 aromatic carbocycles. The molecule has 3 N–H and O–H groups in total. The highest BCUT2D eigenvalue weighted by molar-refractivity contribution is 6.32. The molecular weight excluding hydrogens is 385 g/mol. The Morgan fingerprint density at radius 3 is 1.59 bits per heavy atom. The van der Waals surface area contributed by atoms with Crippen molar-refractivity contribution in [1.29, 1.82) is 0 Å². The Morgan fingerprint density at radius 2 is 1.15 bits per heavy atom. The molecule has 1 saturated heterocycles. The number of aromatic nitrogens is 2. The van der Waals surface area contributed by atoms with E-state index in [1.54, 1.807) is 12.1 Å². The van der Waals surface area contributed by atoms with Crippen LogP contribution in [-0.4, -0.2) is 21.8 Å². The molecule has 2 aliphatic rings. The normalized spacial score (nSPS) is 20.7. The summed E-state index contributed by atoms with van der Waals surface area (Å²) in [5.41, 5.74) is 5.01. The quantitative estimate of drug-likeness (QED) is 0.384. The third-order valence-corrected chi connectivity index (χ3v) is 6.09. The summed E-state index contributed by atoms with van der Waals surface area (Å²) >= 11 is 12.4. The average molecular weight is 396 g/mol. The number of nitrogens with one attached hydrogen (secondary N) is 3. The molecule has 6 rings (SSSR count). The zero-order valence-electron chi connectivity index (χ0n) is 13.7. The molecule has 2 amide bonds. The fourth-order valence-corrected chi connectivity index (χ4v) is 4.93. The maximum absolute atomic E-state index is 12.7. The highest BCUT2D eigenvalue weighted by Gasteiger charge is 2.50. The minimum atomic E-state index is -0.592. The highest BCUT2D eigenvalue weighted by Crippen LogP contribution is 2.53. The highest BCUT2D eigenvalue weighted by atomic mass is 35.5. The number of rotatable bonds is 0. The van der Waals surface area contributed by atoms with Gasteiger partial charge in [-0.15, -0.1) is 0 Å². The van der Waals surface area contributed by atoms with E-state index in [1.807, 2.05) is 24.3 Å². The number of hydrogen-bond donors (Lipinski definition) is 3. The van der Waals surface area contributed by atoms with E-state index in [2.05, 4.69) is 15.3 Å². The number of hydrogen-bond acceptors (Lipinski definition) is 2. The number of H-pyrrole nitrogens is 2. The summed E-state index contributed by atoms with van der Waals surface area (Å²) in [6.07, 6.45) is 0. The molecular formula is C20H11Cl2N3O2. The van der Waals surface area contributed by atoms with Crippen molar-refractivity contribution >= 4 is 56.8 Å². The van der Waals surface area contributed by atoms with Crippen molar-refractivity contribution in [3.05, 3.63) is 57.6 Å². The summed E-state index contributed by atoms with van der Waals surface area (Å²) in [6, 6.07) is 11.1. The van der Waals surface area contributed by atoms with Crippen LogP contribution in [0.3, 0.4) is 0 Å². The Balaban J connectivity index is 1.80. The summed E-state index contributed by atoms with van der Waals surface area (Å²) in [5.74, 6) is -1.75. The number of carbonyl (C=O) groups is 2. The molecule has 5 nitrogen and oxygen atoms in total. The summed E-state index contributed by atoms with van der Waals surface area (Å²) in [4.78, 5) is 32.3. The molecule has 0 spiro atoms. The average Bonchev–Trinajstić information content (AvgIpc) is 3.26. The van der Waals surface area contributed by atoms with Crippen molar-refractivity contribution in [3.63, 3.8) is 0 Å². The van der Waals surface area contributed by atoms with Crippen LogP contribution < -0.4 is 5.32 Å². The third-order valence-electron chi connectivity index (χ3n) is 5.62. The van der Waals surface area contributed by atoms with Crippen LogP contribution in [-0.2, 0) is 9.59 Å². The Morgan fingerprint density at radius 1 is 0.704 bits per heavy atom. The van der Waals surface area contributed by atoms with Gasteiger partial charge in [0.15, 0.2) is 0 Å². The summed E-state index contributed by atoms with van der Waals surface area (Å²) in [6.45, 7) is 0. The van der Waals surface area contributed by atoms with Gasteiger partial charge in [-0.2, -0.15) is 0 Å². The van der Waals surface area contributed by atoms with E-state index >= 15 is 0 Å². The zero-order chi connectivity index (χ0) is 18.4. The number of benzene rings is 2. The van der Waals surface area contributed by atoms with Gasteiger partial charge < -0.3 is 9.97 Å². The molecule has 3 heterocycles. The third kappa shape index (κ3) is 1.85. The molecule has 1 aliphatic heterocycles. The van der Waals surface area contributed by atoms with Crippen LogP contribution in [0.4, 0.5) is 0 Å². The number of halogens is 2. The predicted molar refractivity (Wildman–Crippen MR) is 104 cm³/mol. The fraction of sp³-hybridized carbons (Fsp3) is 0.100. The van der Waals surface area contributed by atoms with Crippen LogP contribution in [0.5, 0.6) is 0 Å². The first-order chi connectivity index (χ1) is 13.0. The Hall–Kier alpha value is -2.76. The topological polar surface area (TPSA) is 77.8 Å². The van der Waals surface area contributed by atoms with Crippen LogP contribution in [0.2, 0.25) is 10.0 Å². The number of aromatic amines is 2. The number of carbonyl (C=O) groups excluding carboxylic acids is 2. The van der Waals surface area contributed by atoms with E-state index in [-0.39, 0.29) is 11.8 Å². The van der Waals surface area contributed by atoms with Gasteiger partial charge in [0.2, 0.25) is 11.8 Å². The molecule has 2 atom stereocenters. The Kier molecular flexibility index (Phi) is 2.80. The minimum Gasteiger partial charge on any atom is -0.353 e. The van der Waals surface area contributed by atoms with Gasteiger partial charge in [-0.25, -0.2) is 0 Å². The lowest BCUT2D eigenvalue weighted by Crippen LogP contribution is -2.21. The van der Waals surface area contributed by atoms with Gasteiger partial charge in [0.25, 0.3) is 0 Å². The van der Waals surface area contributed by atoms with Crippen LogP contribution in [0, 0.1) is 0 Å². The molecule has 27 heavy (non-hydrogen) atoms. The van der Waals surface area contributed by atoms with Gasteiger partial charge in [0.05, 0.1) is 23.2 Å². The first-order valence-corrected chi connectivity index (χ1v) is 9.26. The SMILES string of the molecule is O=C1NC(=O)C2c3c([nH]c4ccc(Cl)cc34)-c3[nH]c4ccc(Cl)cc4c3C12. The lowest BCUT2D eigenvalue weighted by molar-refractivity contribution is -0.125. The smallest absolute Gasteiger partial charge is 0.235 e. The van der Waals surface area contributed by atoms with Crippen LogP contribution in [0.15, 0.2) is 36.4 Å². The van der Waals surface area contributed by atoms with Gasteiger partial charge >= 0.3 is 0 Å². The van der Waals surface area contributed by atoms with E-state index in [1.165, 1.54) is 0 Å². The fourth-order valence-electron chi connectivity index (χ4n) is 4.59. The van der Waals surface area contributed by atoms with Crippen molar-refractivity contribution in [3.8, 4) is 11.4 Å². The second-order valence-electron chi connectivity index (χ2n) is 7.02. The van der Waals surface area contributed by atoms with Gasteiger partial charge in [0.1, 0.15) is 0 Å². The molecule has 2 aromatic heterocycles. The van der Waals surface area contributed by atoms with E-state index in [4.69, 9.17) is 23.2 Å². The first kappa shape index (κ1) is 15.3. The lowest BCUT2D eigenvalue weighted by atomic mass is 9.76. The van der Waals surface area contributed by atoms with Crippen molar-refractivity contribution < 1.29 is 9.59 Å². The second-order valence-corrected chi connectivity index (χ2v) is 7.89. The van der Waals surface area contributed by atoms with Crippen molar-refractivity contribution in [2.45, 2.75) is 11.8 Å². The monoisotopic (exact) mass is 395 g/mol. The van der Waals surface area contributed by atoms with E-state index in [0.29, 0.717) is 10.0 Å². The molecule has 0 saturated carbocycles. The maximum atomic E-state index is 12.7. The van der Waals surface area contributed by atoms with E-state index in [0.717, 1.165) is 44.3 Å². The summed E-state index contributed by atoms with van der Waals surface area (Å²) < 4.78 is 0. The second kappa shape index (κ2) is 4.94. The largest absolute Gasteiger partial charge is 0.353 e. The number of fused-ring (bicyclic) bond motifs is 10. The van der Waals surface area contributed by atoms with Crippen molar-refractivity contribution in [1.82, 2.24) is 15.3 Å². The van der Waals surface area contributed by atoms with E-state index in [9.17, 15) is 9.59 Å². The van der Waals surface area contributed by atoms with Gasteiger partial charge in [0, 0.05) is 43.0 Å². The summed E-state index contributed by atoms with van der Waals surface area (Å²) in [7, 11) is 0. The van der Waals surface area contributed by atoms with Crippen LogP contribution in [0.25, 0.3) is 33.2 Å². The molecule has 0 radical (unpaired) electrons. The molecule has 132 valence electrons. The molecule has 2 unspecified atom stereocenters. The maximum Gasteiger partial charge on any atom is 0.235 e.